The number of aromatic nitrogens is 4. The molecule has 1 N–H and O–H groups in total. The number of nitrogens with zero attached hydrogens (tertiary/aromatic N) is 4. The van der Waals surface area contributed by atoms with Gasteiger partial charge in [-0.25, -0.2) is 0 Å². The molecule has 0 radical (unpaired) electrons. The number of ether oxygens (including phenoxy) is 2. The van der Waals surface area contributed by atoms with Crippen LogP contribution >= 0.6 is 11.3 Å². The van der Waals surface area contributed by atoms with Crippen molar-refractivity contribution in [2.75, 3.05) is 19.0 Å². The largest absolute Gasteiger partial charge is 0.497 e. The summed E-state index contributed by atoms with van der Waals surface area (Å²) in [4.78, 5) is 13.4. The van der Waals surface area contributed by atoms with E-state index < -0.39 is 0 Å². The number of methoxy groups -OCH3 is 1. The maximum atomic E-state index is 12.4. The average Bonchev–Trinajstić information content (AvgIpc) is 3.52. The smallest absolute Gasteiger partial charge is 0.262 e. The van der Waals surface area contributed by atoms with E-state index >= 15 is 0 Å². The maximum Gasteiger partial charge on any atom is 0.262 e. The van der Waals surface area contributed by atoms with Crippen LogP contribution in [0.3, 0.4) is 0 Å². The summed E-state index contributed by atoms with van der Waals surface area (Å²) < 4.78 is 12.4. The Kier molecular flexibility index (Phi) is 5.69. The summed E-state index contributed by atoms with van der Waals surface area (Å²) in [7, 11) is 1.60. The standard InChI is InChI=1S/C24H19N5O3S/c1-31-18-7-9-19(10-8-18)32-15-23(30)25-17-5-2-4-16(14-17)20-11-12-22-26-27-24(29(22)28-20)21-6-3-13-33-21/h2-14H,15H2,1H3,(H,25,30). The molecule has 0 aliphatic rings. The van der Waals surface area contributed by atoms with Crippen molar-refractivity contribution in [3.8, 4) is 33.5 Å². The van der Waals surface area contributed by atoms with Gasteiger partial charge in [-0.05, 0) is 60.0 Å². The third kappa shape index (κ3) is 4.53. The first-order chi connectivity index (χ1) is 16.2. The zero-order valence-corrected chi connectivity index (χ0v) is 18.5. The molecule has 0 spiro atoms. The summed E-state index contributed by atoms with van der Waals surface area (Å²) >= 11 is 1.58. The molecule has 0 fully saturated rings. The van der Waals surface area contributed by atoms with E-state index in [0.29, 0.717) is 22.9 Å². The molecule has 0 saturated carbocycles. The van der Waals surface area contributed by atoms with Crippen LogP contribution in [0.4, 0.5) is 5.69 Å². The van der Waals surface area contributed by atoms with E-state index in [1.165, 1.54) is 0 Å². The molecule has 164 valence electrons. The highest BCUT2D eigenvalue weighted by molar-refractivity contribution is 7.13. The lowest BCUT2D eigenvalue weighted by molar-refractivity contribution is -0.118. The van der Waals surface area contributed by atoms with Crippen LogP contribution in [0.5, 0.6) is 11.5 Å². The van der Waals surface area contributed by atoms with Crippen LogP contribution in [0.1, 0.15) is 0 Å². The topological polar surface area (TPSA) is 90.6 Å². The van der Waals surface area contributed by atoms with E-state index in [9.17, 15) is 4.79 Å². The number of rotatable bonds is 7. The van der Waals surface area contributed by atoms with Gasteiger partial charge in [-0.3, -0.25) is 4.79 Å². The van der Waals surface area contributed by atoms with Gasteiger partial charge in [-0.1, -0.05) is 18.2 Å². The molecule has 0 aliphatic carbocycles. The molecule has 3 heterocycles. The number of anilines is 1. The molecule has 9 heteroatoms. The number of hydrogen-bond donors (Lipinski definition) is 1. The van der Waals surface area contributed by atoms with E-state index in [2.05, 4.69) is 15.5 Å². The first-order valence-electron chi connectivity index (χ1n) is 10.1. The molecular formula is C24H19N5O3S. The van der Waals surface area contributed by atoms with Gasteiger partial charge >= 0.3 is 0 Å². The van der Waals surface area contributed by atoms with E-state index in [0.717, 1.165) is 21.9 Å². The summed E-state index contributed by atoms with van der Waals surface area (Å²) in [6, 6.07) is 22.3. The summed E-state index contributed by atoms with van der Waals surface area (Å²) in [5, 5.41) is 18.0. The first kappa shape index (κ1) is 20.7. The third-order valence-corrected chi connectivity index (χ3v) is 5.74. The molecule has 0 saturated heterocycles. The van der Waals surface area contributed by atoms with Gasteiger partial charge in [0, 0.05) is 11.3 Å². The van der Waals surface area contributed by atoms with Crippen LogP contribution in [0.25, 0.3) is 27.6 Å². The van der Waals surface area contributed by atoms with Crippen LogP contribution in [-0.2, 0) is 4.79 Å². The van der Waals surface area contributed by atoms with Crippen molar-refractivity contribution in [3.05, 3.63) is 78.2 Å². The highest BCUT2D eigenvalue weighted by atomic mass is 32.1. The summed E-state index contributed by atoms with van der Waals surface area (Å²) in [6.07, 6.45) is 0. The second kappa shape index (κ2) is 9.09. The minimum Gasteiger partial charge on any atom is -0.497 e. The molecule has 2 aromatic carbocycles. The number of benzene rings is 2. The second-order valence-electron chi connectivity index (χ2n) is 7.08. The van der Waals surface area contributed by atoms with E-state index in [1.54, 1.807) is 47.2 Å². The molecule has 0 unspecified atom stereocenters. The number of carbonyl (C=O) groups excluding carboxylic acids is 1. The fourth-order valence-electron chi connectivity index (χ4n) is 3.28. The molecule has 0 bridgehead atoms. The van der Waals surface area contributed by atoms with Crippen molar-refractivity contribution in [2.45, 2.75) is 0 Å². The van der Waals surface area contributed by atoms with Crippen LogP contribution in [0.15, 0.2) is 78.2 Å². The molecule has 5 aromatic rings. The highest BCUT2D eigenvalue weighted by Crippen LogP contribution is 2.25. The predicted molar refractivity (Wildman–Crippen MR) is 127 cm³/mol. The highest BCUT2D eigenvalue weighted by Gasteiger charge is 2.12. The van der Waals surface area contributed by atoms with Crippen LogP contribution in [-0.4, -0.2) is 39.4 Å². The Morgan fingerprint density at radius 1 is 1.00 bits per heavy atom. The fourth-order valence-corrected chi connectivity index (χ4v) is 3.97. The first-order valence-corrected chi connectivity index (χ1v) is 11.0. The lowest BCUT2D eigenvalue weighted by Crippen LogP contribution is -2.20. The second-order valence-corrected chi connectivity index (χ2v) is 8.03. The van der Waals surface area contributed by atoms with Gasteiger partial charge in [-0.15, -0.1) is 21.5 Å². The number of fused-ring (bicyclic) bond motifs is 1. The monoisotopic (exact) mass is 457 g/mol. The molecule has 3 aromatic heterocycles. The van der Waals surface area contributed by atoms with Crippen LogP contribution in [0, 0.1) is 0 Å². The third-order valence-electron chi connectivity index (χ3n) is 4.88. The van der Waals surface area contributed by atoms with Gasteiger partial charge in [-0.2, -0.15) is 9.61 Å². The van der Waals surface area contributed by atoms with Crippen molar-refractivity contribution in [1.29, 1.82) is 0 Å². The van der Waals surface area contributed by atoms with Crippen molar-refractivity contribution in [3.63, 3.8) is 0 Å². The van der Waals surface area contributed by atoms with E-state index in [-0.39, 0.29) is 12.5 Å². The number of nitrogens with one attached hydrogen (secondary N) is 1. The lowest BCUT2D eigenvalue weighted by Gasteiger charge is -2.09. The zero-order valence-electron chi connectivity index (χ0n) is 17.6. The Morgan fingerprint density at radius 3 is 2.64 bits per heavy atom. The molecule has 33 heavy (non-hydrogen) atoms. The molecule has 8 nitrogen and oxygen atoms in total. The summed E-state index contributed by atoms with van der Waals surface area (Å²) in [6.45, 7) is -0.106. The SMILES string of the molecule is COc1ccc(OCC(=O)Nc2cccc(-c3ccc4nnc(-c5cccs5)n4n3)c2)cc1. The lowest BCUT2D eigenvalue weighted by atomic mass is 10.1. The van der Waals surface area contributed by atoms with E-state index in [4.69, 9.17) is 14.6 Å². The van der Waals surface area contributed by atoms with Gasteiger partial charge < -0.3 is 14.8 Å². The maximum absolute atomic E-state index is 12.4. The summed E-state index contributed by atoms with van der Waals surface area (Å²) in [5.74, 6) is 1.75. The fraction of sp³-hybridized carbons (Fsp3) is 0.0833. The van der Waals surface area contributed by atoms with Crippen LogP contribution in [0.2, 0.25) is 0 Å². The van der Waals surface area contributed by atoms with Crippen molar-refractivity contribution >= 4 is 28.6 Å². The molecule has 5 rings (SSSR count). The number of amides is 1. The van der Waals surface area contributed by atoms with Crippen molar-refractivity contribution in [1.82, 2.24) is 19.8 Å². The van der Waals surface area contributed by atoms with Gasteiger partial charge in [0.05, 0.1) is 17.7 Å². The zero-order chi connectivity index (χ0) is 22.6. The Balaban J connectivity index is 1.31. The van der Waals surface area contributed by atoms with Crippen molar-refractivity contribution < 1.29 is 14.3 Å². The Morgan fingerprint density at radius 2 is 1.85 bits per heavy atom. The van der Waals surface area contributed by atoms with Gasteiger partial charge in [0.15, 0.2) is 18.1 Å². The van der Waals surface area contributed by atoms with Gasteiger partial charge in [0.2, 0.25) is 0 Å². The minimum atomic E-state index is -0.259. The Labute approximate surface area is 193 Å². The molecule has 0 atom stereocenters. The predicted octanol–water partition coefficient (Wildman–Crippen LogP) is 4.55. The van der Waals surface area contributed by atoms with Crippen LogP contribution < -0.4 is 14.8 Å². The Hall–Kier alpha value is -4.24. The number of thiophene rings is 1. The number of carbonyl (C=O) groups is 1. The normalized spacial score (nSPS) is 10.8. The van der Waals surface area contributed by atoms with Crippen molar-refractivity contribution in [2.24, 2.45) is 0 Å². The van der Waals surface area contributed by atoms with E-state index in [1.807, 2.05) is 53.9 Å². The minimum absolute atomic E-state index is 0.106. The Bertz CT molecular complexity index is 1400. The molecule has 0 aliphatic heterocycles. The molecular weight excluding hydrogens is 438 g/mol. The molecule has 1 amide bonds. The van der Waals surface area contributed by atoms with Gasteiger partial charge in [0.25, 0.3) is 5.91 Å². The van der Waals surface area contributed by atoms with Gasteiger partial charge in [0.1, 0.15) is 11.5 Å². The quantitative estimate of drug-likeness (QED) is 0.386. The summed E-state index contributed by atoms with van der Waals surface area (Å²) in [5.41, 5.74) is 2.92. The average molecular weight is 458 g/mol. The number of hydrogen-bond acceptors (Lipinski definition) is 7.